The van der Waals surface area contributed by atoms with E-state index in [1.165, 1.54) is 6.20 Å². The largest absolute Gasteiger partial charge is 0.383 e. The average molecular weight is 329 g/mol. The van der Waals surface area contributed by atoms with Crippen molar-refractivity contribution in [1.82, 2.24) is 20.8 Å². The van der Waals surface area contributed by atoms with Crippen LogP contribution < -0.4 is 10.6 Å². The molecule has 1 amide bonds. The molecule has 0 bridgehead atoms. The van der Waals surface area contributed by atoms with Crippen molar-refractivity contribution in [3.63, 3.8) is 0 Å². The summed E-state index contributed by atoms with van der Waals surface area (Å²) >= 11 is 0. The van der Waals surface area contributed by atoms with Crippen molar-refractivity contribution in [2.75, 3.05) is 33.4 Å². The second kappa shape index (κ2) is 9.34. The van der Waals surface area contributed by atoms with Gasteiger partial charge >= 0.3 is 0 Å². The molecule has 0 unspecified atom stereocenters. The SMILES string of the molecule is CCc1noc2ncc(C(=O)NCCNCCOC)cc12.Cl. The number of ether oxygens (including phenoxy) is 1. The molecule has 2 rings (SSSR count). The molecule has 0 aromatic carbocycles. The van der Waals surface area contributed by atoms with Crippen molar-refractivity contribution in [3.8, 4) is 0 Å². The van der Waals surface area contributed by atoms with Gasteiger partial charge in [-0.3, -0.25) is 4.79 Å². The Morgan fingerprint density at radius 2 is 2.18 bits per heavy atom. The first-order chi connectivity index (χ1) is 10.3. The van der Waals surface area contributed by atoms with E-state index >= 15 is 0 Å². The Labute approximate surface area is 135 Å². The summed E-state index contributed by atoms with van der Waals surface area (Å²) in [5.74, 6) is -0.152. The van der Waals surface area contributed by atoms with Crippen molar-refractivity contribution < 1.29 is 14.1 Å². The van der Waals surface area contributed by atoms with E-state index in [-0.39, 0.29) is 18.3 Å². The summed E-state index contributed by atoms with van der Waals surface area (Å²) < 4.78 is 10.0. The van der Waals surface area contributed by atoms with Gasteiger partial charge in [-0.15, -0.1) is 12.4 Å². The minimum atomic E-state index is -0.152. The molecular weight excluding hydrogens is 308 g/mol. The van der Waals surface area contributed by atoms with Crippen LogP contribution >= 0.6 is 12.4 Å². The highest BCUT2D eigenvalue weighted by Gasteiger charge is 2.12. The van der Waals surface area contributed by atoms with Crippen molar-refractivity contribution in [3.05, 3.63) is 23.5 Å². The van der Waals surface area contributed by atoms with Gasteiger partial charge in [0.25, 0.3) is 11.6 Å². The van der Waals surface area contributed by atoms with E-state index in [1.54, 1.807) is 13.2 Å². The molecule has 0 atom stereocenters. The molecule has 2 N–H and O–H groups in total. The van der Waals surface area contributed by atoms with Crippen LogP contribution in [0.4, 0.5) is 0 Å². The summed E-state index contributed by atoms with van der Waals surface area (Å²) in [6.07, 6.45) is 2.24. The molecule has 0 spiro atoms. The van der Waals surface area contributed by atoms with E-state index in [0.29, 0.717) is 31.0 Å². The van der Waals surface area contributed by atoms with Crippen LogP contribution in [-0.2, 0) is 11.2 Å². The normalized spacial score (nSPS) is 10.5. The number of nitrogens with one attached hydrogen (secondary N) is 2. The van der Waals surface area contributed by atoms with Crippen LogP contribution in [0.15, 0.2) is 16.8 Å². The van der Waals surface area contributed by atoms with Crippen molar-refractivity contribution in [1.29, 1.82) is 0 Å². The Bertz CT molecular complexity index is 603. The summed E-state index contributed by atoms with van der Waals surface area (Å²) in [7, 11) is 1.65. The lowest BCUT2D eigenvalue weighted by molar-refractivity contribution is 0.0953. The average Bonchev–Trinajstić information content (AvgIpc) is 2.92. The lowest BCUT2D eigenvalue weighted by atomic mass is 10.1. The van der Waals surface area contributed by atoms with Gasteiger partial charge in [-0.05, 0) is 12.5 Å². The molecule has 0 aliphatic carbocycles. The Kier molecular flexibility index (Phi) is 7.79. The number of aryl methyl sites for hydroxylation is 1. The Hall–Kier alpha value is -1.70. The molecule has 0 saturated carbocycles. The van der Waals surface area contributed by atoms with Crippen LogP contribution in [0.1, 0.15) is 23.0 Å². The zero-order valence-corrected chi connectivity index (χ0v) is 13.5. The van der Waals surface area contributed by atoms with E-state index in [2.05, 4.69) is 20.8 Å². The highest BCUT2D eigenvalue weighted by molar-refractivity contribution is 5.96. The van der Waals surface area contributed by atoms with E-state index in [4.69, 9.17) is 9.26 Å². The summed E-state index contributed by atoms with van der Waals surface area (Å²) in [6.45, 7) is 4.64. The Balaban J connectivity index is 0.00000242. The first-order valence-electron chi connectivity index (χ1n) is 6.98. The van der Waals surface area contributed by atoms with Gasteiger partial charge in [0.2, 0.25) is 0 Å². The van der Waals surface area contributed by atoms with Crippen LogP contribution in [0.25, 0.3) is 11.1 Å². The number of halogens is 1. The van der Waals surface area contributed by atoms with Gasteiger partial charge in [0.1, 0.15) is 0 Å². The summed E-state index contributed by atoms with van der Waals surface area (Å²) in [5, 5.41) is 10.7. The second-order valence-corrected chi connectivity index (χ2v) is 4.56. The Morgan fingerprint density at radius 1 is 1.36 bits per heavy atom. The predicted octanol–water partition coefficient (Wildman–Crippen LogP) is 1.17. The fourth-order valence-electron chi connectivity index (χ4n) is 1.92. The molecule has 8 heteroatoms. The summed E-state index contributed by atoms with van der Waals surface area (Å²) in [5.41, 5.74) is 1.79. The molecular formula is C14H21ClN4O3. The molecule has 2 heterocycles. The van der Waals surface area contributed by atoms with Crippen LogP contribution in [0.5, 0.6) is 0 Å². The molecule has 2 aromatic heterocycles. The number of aromatic nitrogens is 2. The number of methoxy groups -OCH3 is 1. The fraction of sp³-hybridized carbons (Fsp3) is 0.500. The van der Waals surface area contributed by atoms with E-state index in [9.17, 15) is 4.79 Å². The number of pyridine rings is 1. The molecule has 0 saturated heterocycles. The van der Waals surface area contributed by atoms with E-state index < -0.39 is 0 Å². The third-order valence-corrected chi connectivity index (χ3v) is 3.07. The third kappa shape index (κ3) is 4.66. The molecule has 0 aliphatic rings. The van der Waals surface area contributed by atoms with Gasteiger partial charge in [0, 0.05) is 32.9 Å². The molecule has 0 aliphatic heterocycles. The quantitative estimate of drug-likeness (QED) is 0.707. The number of carbonyl (C=O) groups is 1. The fourth-order valence-corrected chi connectivity index (χ4v) is 1.92. The third-order valence-electron chi connectivity index (χ3n) is 3.07. The number of hydrogen-bond acceptors (Lipinski definition) is 6. The number of amides is 1. The number of rotatable bonds is 8. The number of fused-ring (bicyclic) bond motifs is 1. The van der Waals surface area contributed by atoms with Gasteiger partial charge in [0.15, 0.2) is 0 Å². The summed E-state index contributed by atoms with van der Waals surface area (Å²) in [4.78, 5) is 16.2. The van der Waals surface area contributed by atoms with Gasteiger partial charge in [0.05, 0.1) is 23.3 Å². The molecule has 0 radical (unpaired) electrons. The predicted molar refractivity (Wildman–Crippen MR) is 85.5 cm³/mol. The standard InChI is InChI=1S/C14H20N4O3.ClH/c1-3-12-11-8-10(9-17-14(11)21-18-12)13(19)16-5-4-15-6-7-20-2;/h8-9,15H,3-7H2,1-2H3,(H,16,19);1H. The zero-order valence-electron chi connectivity index (χ0n) is 12.7. The van der Waals surface area contributed by atoms with Gasteiger partial charge in [-0.25, -0.2) is 4.98 Å². The van der Waals surface area contributed by atoms with Crippen molar-refractivity contribution in [2.24, 2.45) is 0 Å². The van der Waals surface area contributed by atoms with Crippen molar-refractivity contribution in [2.45, 2.75) is 13.3 Å². The molecule has 7 nitrogen and oxygen atoms in total. The second-order valence-electron chi connectivity index (χ2n) is 4.56. The van der Waals surface area contributed by atoms with Crippen LogP contribution in [0.2, 0.25) is 0 Å². The van der Waals surface area contributed by atoms with Crippen LogP contribution in [0.3, 0.4) is 0 Å². The number of nitrogens with zero attached hydrogens (tertiary/aromatic N) is 2. The number of hydrogen-bond donors (Lipinski definition) is 2. The van der Waals surface area contributed by atoms with Crippen LogP contribution in [0, 0.1) is 0 Å². The maximum absolute atomic E-state index is 12.0. The molecule has 22 heavy (non-hydrogen) atoms. The maximum Gasteiger partial charge on any atom is 0.257 e. The zero-order chi connectivity index (χ0) is 15.1. The minimum Gasteiger partial charge on any atom is -0.383 e. The Morgan fingerprint density at radius 3 is 2.91 bits per heavy atom. The maximum atomic E-state index is 12.0. The smallest absolute Gasteiger partial charge is 0.257 e. The lowest BCUT2D eigenvalue weighted by Crippen LogP contribution is -2.33. The van der Waals surface area contributed by atoms with Gasteiger partial charge in [-0.2, -0.15) is 0 Å². The monoisotopic (exact) mass is 328 g/mol. The first-order valence-corrected chi connectivity index (χ1v) is 6.98. The van der Waals surface area contributed by atoms with E-state index in [0.717, 1.165) is 24.0 Å². The number of carbonyl (C=O) groups excluding carboxylic acids is 1. The molecule has 2 aromatic rings. The highest BCUT2D eigenvalue weighted by atomic mass is 35.5. The molecule has 0 fully saturated rings. The van der Waals surface area contributed by atoms with Crippen molar-refractivity contribution >= 4 is 29.4 Å². The summed E-state index contributed by atoms with van der Waals surface area (Å²) in [6, 6.07) is 1.77. The topological polar surface area (TPSA) is 89.3 Å². The van der Waals surface area contributed by atoms with Crippen LogP contribution in [-0.4, -0.2) is 49.4 Å². The first kappa shape index (κ1) is 18.3. The van der Waals surface area contributed by atoms with Gasteiger partial charge < -0.3 is 19.9 Å². The van der Waals surface area contributed by atoms with E-state index in [1.807, 2.05) is 6.92 Å². The van der Waals surface area contributed by atoms with Gasteiger partial charge in [-0.1, -0.05) is 12.1 Å². The minimum absolute atomic E-state index is 0. The lowest BCUT2D eigenvalue weighted by Gasteiger charge is -2.06. The molecule has 122 valence electrons. The highest BCUT2D eigenvalue weighted by Crippen LogP contribution is 2.17.